The van der Waals surface area contributed by atoms with E-state index in [1.165, 1.54) is 65.5 Å². The molecular formula is C64H43N3. The molecule has 0 saturated heterocycles. The van der Waals surface area contributed by atoms with E-state index in [0.717, 1.165) is 50.7 Å². The maximum absolute atomic E-state index is 2.40. The Balaban J connectivity index is 0.995. The molecule has 0 aliphatic carbocycles. The molecule has 0 radical (unpaired) electrons. The van der Waals surface area contributed by atoms with E-state index < -0.39 is 0 Å². The second-order valence-corrected chi connectivity index (χ2v) is 17.4. The van der Waals surface area contributed by atoms with Crippen molar-refractivity contribution in [2.24, 2.45) is 0 Å². The van der Waals surface area contributed by atoms with Gasteiger partial charge in [0.15, 0.2) is 0 Å². The van der Waals surface area contributed by atoms with E-state index in [0.29, 0.717) is 0 Å². The summed E-state index contributed by atoms with van der Waals surface area (Å²) in [6.45, 7) is 0. The molecule has 0 N–H and O–H groups in total. The molecule has 3 nitrogen and oxygen atoms in total. The van der Waals surface area contributed by atoms with E-state index in [1.807, 2.05) is 0 Å². The van der Waals surface area contributed by atoms with Gasteiger partial charge in [0, 0.05) is 50.0 Å². The molecule has 67 heavy (non-hydrogen) atoms. The van der Waals surface area contributed by atoms with Gasteiger partial charge in [-0.1, -0.05) is 158 Å². The van der Waals surface area contributed by atoms with Crippen LogP contribution in [0.5, 0.6) is 0 Å². The molecule has 0 atom stereocenters. The van der Waals surface area contributed by atoms with Crippen LogP contribution in [0.25, 0.3) is 99.1 Å². The highest BCUT2D eigenvalue weighted by molar-refractivity contribution is 6.11. The lowest BCUT2D eigenvalue weighted by molar-refractivity contribution is 1.18. The van der Waals surface area contributed by atoms with Crippen molar-refractivity contribution in [1.82, 2.24) is 9.13 Å². The third-order valence-electron chi connectivity index (χ3n) is 13.4. The first-order valence-electron chi connectivity index (χ1n) is 23.0. The Morgan fingerprint density at radius 2 is 0.627 bits per heavy atom. The lowest BCUT2D eigenvalue weighted by Gasteiger charge is -2.26. The van der Waals surface area contributed by atoms with Gasteiger partial charge in [0.1, 0.15) is 0 Å². The average molecular weight is 854 g/mol. The predicted octanol–water partition coefficient (Wildman–Crippen LogP) is 17.5. The molecule has 2 aromatic heterocycles. The van der Waals surface area contributed by atoms with Crippen molar-refractivity contribution in [3.63, 3.8) is 0 Å². The second kappa shape index (κ2) is 16.0. The fourth-order valence-corrected chi connectivity index (χ4v) is 10.3. The average Bonchev–Trinajstić information content (AvgIpc) is 3.92. The standard InChI is InChI=1S/C64H43N3/c1-4-18-52(19-5-1)65(56-35-30-44-16-10-11-17-46(44)41-56)55-33-28-45(29-34-55)49-38-50(47-31-36-59-57-24-12-14-26-61(57)66(63(59)42-47)53-20-6-2-7-21-53)40-51(39-49)48-32-37-60-58-25-13-15-27-62(58)67(64(60)43-48)54-22-8-3-9-23-54/h1-43H. The zero-order valence-electron chi connectivity index (χ0n) is 36.7. The fraction of sp³-hybridized carbons (Fsp3) is 0. The fourth-order valence-electron chi connectivity index (χ4n) is 10.3. The van der Waals surface area contributed by atoms with E-state index in [-0.39, 0.29) is 0 Å². The molecule has 0 aliphatic rings. The van der Waals surface area contributed by atoms with Crippen molar-refractivity contribution < 1.29 is 0 Å². The second-order valence-electron chi connectivity index (χ2n) is 17.4. The lowest BCUT2D eigenvalue weighted by atomic mass is 9.92. The summed E-state index contributed by atoms with van der Waals surface area (Å²) in [6, 6.07) is 95.1. The number of benzene rings is 11. The summed E-state index contributed by atoms with van der Waals surface area (Å²) >= 11 is 0. The number of rotatable bonds is 8. The van der Waals surface area contributed by atoms with Gasteiger partial charge in [0.05, 0.1) is 22.1 Å². The third kappa shape index (κ3) is 6.67. The number of hydrogen-bond donors (Lipinski definition) is 0. The zero-order chi connectivity index (χ0) is 44.3. The number of anilines is 3. The molecular weight excluding hydrogens is 811 g/mol. The summed E-state index contributed by atoms with van der Waals surface area (Å²) in [6.07, 6.45) is 0. The maximum atomic E-state index is 2.40. The van der Waals surface area contributed by atoms with Gasteiger partial charge in [-0.2, -0.15) is 0 Å². The summed E-state index contributed by atoms with van der Waals surface area (Å²) in [5.74, 6) is 0. The lowest BCUT2D eigenvalue weighted by Crippen LogP contribution is -2.09. The molecule has 0 spiro atoms. The number of aromatic nitrogens is 2. The summed E-state index contributed by atoms with van der Waals surface area (Å²) in [7, 11) is 0. The predicted molar refractivity (Wildman–Crippen MR) is 284 cm³/mol. The molecule has 0 aliphatic heterocycles. The summed E-state index contributed by atoms with van der Waals surface area (Å²) in [5, 5.41) is 7.42. The molecule has 0 amide bonds. The van der Waals surface area contributed by atoms with E-state index in [9.17, 15) is 0 Å². The number of nitrogens with zero attached hydrogens (tertiary/aromatic N) is 3. The van der Waals surface area contributed by atoms with Crippen LogP contribution in [0.1, 0.15) is 0 Å². The van der Waals surface area contributed by atoms with Crippen LogP contribution in [-0.2, 0) is 0 Å². The van der Waals surface area contributed by atoms with Crippen molar-refractivity contribution in [2.45, 2.75) is 0 Å². The van der Waals surface area contributed by atoms with Crippen molar-refractivity contribution in [2.75, 3.05) is 4.90 Å². The number of fused-ring (bicyclic) bond motifs is 7. The molecule has 13 rings (SSSR count). The van der Waals surface area contributed by atoms with Gasteiger partial charge in [-0.05, 0) is 147 Å². The maximum Gasteiger partial charge on any atom is 0.0547 e. The van der Waals surface area contributed by atoms with Gasteiger partial charge < -0.3 is 14.0 Å². The normalized spacial score (nSPS) is 11.6. The quantitative estimate of drug-likeness (QED) is 0.148. The van der Waals surface area contributed by atoms with E-state index in [2.05, 4.69) is 275 Å². The first-order valence-corrected chi connectivity index (χ1v) is 23.0. The number of para-hydroxylation sites is 5. The van der Waals surface area contributed by atoms with Crippen LogP contribution >= 0.6 is 0 Å². The van der Waals surface area contributed by atoms with Crippen LogP contribution in [0.3, 0.4) is 0 Å². The van der Waals surface area contributed by atoms with Crippen LogP contribution in [-0.4, -0.2) is 9.13 Å². The smallest absolute Gasteiger partial charge is 0.0547 e. The zero-order valence-corrected chi connectivity index (χ0v) is 36.7. The third-order valence-corrected chi connectivity index (χ3v) is 13.4. The SMILES string of the molecule is c1ccc(N(c2ccc(-c3cc(-c4ccc5c6ccccc6n(-c6ccccc6)c5c4)cc(-c4ccc5c6ccccc6n(-c6ccccc6)c5c4)c3)cc2)c2ccc3ccccc3c2)cc1. The highest BCUT2D eigenvalue weighted by Gasteiger charge is 2.18. The van der Waals surface area contributed by atoms with E-state index >= 15 is 0 Å². The monoisotopic (exact) mass is 853 g/mol. The van der Waals surface area contributed by atoms with Crippen molar-refractivity contribution in [3.8, 4) is 44.8 Å². The molecule has 0 unspecified atom stereocenters. The Labute approximate surface area is 389 Å². The molecule has 314 valence electrons. The van der Waals surface area contributed by atoms with Crippen LogP contribution < -0.4 is 4.90 Å². The van der Waals surface area contributed by atoms with Crippen LogP contribution in [0, 0.1) is 0 Å². The molecule has 13 aromatic rings. The van der Waals surface area contributed by atoms with Crippen LogP contribution in [0.15, 0.2) is 261 Å². The van der Waals surface area contributed by atoms with Gasteiger partial charge in [-0.25, -0.2) is 0 Å². The first kappa shape index (κ1) is 38.5. The Hall–Kier alpha value is -8.92. The van der Waals surface area contributed by atoms with E-state index in [4.69, 9.17) is 0 Å². The Bertz CT molecular complexity index is 3780. The van der Waals surface area contributed by atoms with Crippen molar-refractivity contribution in [1.29, 1.82) is 0 Å². The molecule has 0 fully saturated rings. The first-order chi connectivity index (χ1) is 33.2. The molecule has 0 bridgehead atoms. The highest BCUT2D eigenvalue weighted by atomic mass is 15.1. The van der Waals surface area contributed by atoms with Gasteiger partial charge in [0.2, 0.25) is 0 Å². The Morgan fingerprint density at radius 3 is 1.18 bits per heavy atom. The van der Waals surface area contributed by atoms with Crippen LogP contribution in [0.2, 0.25) is 0 Å². The van der Waals surface area contributed by atoms with Crippen LogP contribution in [0.4, 0.5) is 17.1 Å². The largest absolute Gasteiger partial charge is 0.310 e. The Kier molecular flexibility index (Phi) is 9.17. The molecule has 0 saturated carbocycles. The minimum Gasteiger partial charge on any atom is -0.310 e. The van der Waals surface area contributed by atoms with Gasteiger partial charge in [0.25, 0.3) is 0 Å². The highest BCUT2D eigenvalue weighted by Crippen LogP contribution is 2.42. The van der Waals surface area contributed by atoms with Gasteiger partial charge in [-0.15, -0.1) is 0 Å². The topological polar surface area (TPSA) is 13.1 Å². The summed E-state index contributed by atoms with van der Waals surface area (Å²) in [4.78, 5) is 2.35. The van der Waals surface area contributed by atoms with E-state index in [1.54, 1.807) is 0 Å². The minimum absolute atomic E-state index is 1.10. The van der Waals surface area contributed by atoms with Gasteiger partial charge in [-0.3, -0.25) is 0 Å². The van der Waals surface area contributed by atoms with Crippen molar-refractivity contribution >= 4 is 71.4 Å². The number of hydrogen-bond acceptors (Lipinski definition) is 1. The van der Waals surface area contributed by atoms with Crippen molar-refractivity contribution in [3.05, 3.63) is 261 Å². The minimum atomic E-state index is 1.10. The molecule has 11 aromatic carbocycles. The molecule has 3 heteroatoms. The summed E-state index contributed by atoms with van der Waals surface area (Å²) < 4.78 is 4.81. The summed E-state index contributed by atoms with van der Waals surface area (Å²) in [5.41, 5.74) is 17.4. The Morgan fingerprint density at radius 1 is 0.224 bits per heavy atom. The van der Waals surface area contributed by atoms with Gasteiger partial charge >= 0.3 is 0 Å². The molecule has 2 heterocycles.